The van der Waals surface area contributed by atoms with Crippen LogP contribution in [0.5, 0.6) is 0 Å². The molecule has 23 heavy (non-hydrogen) atoms. The number of alkyl halides is 3. The van der Waals surface area contributed by atoms with Gasteiger partial charge in [-0.1, -0.05) is 11.6 Å². The fourth-order valence-electron chi connectivity index (χ4n) is 2.66. The molecule has 3 rings (SSSR count). The Hall–Kier alpha value is -1.83. The van der Waals surface area contributed by atoms with Crippen molar-refractivity contribution in [2.45, 2.75) is 57.3 Å². The van der Waals surface area contributed by atoms with Gasteiger partial charge >= 0.3 is 6.18 Å². The monoisotopic (exact) mass is 329 g/mol. The molecule has 1 fully saturated rings. The maximum atomic E-state index is 13.4. The maximum Gasteiger partial charge on any atom is 0.433 e. The molecule has 0 aromatic carbocycles. The van der Waals surface area contributed by atoms with E-state index in [2.05, 4.69) is 10.3 Å². The minimum atomic E-state index is -4.61. The van der Waals surface area contributed by atoms with Gasteiger partial charge in [0, 0.05) is 12.0 Å². The fourth-order valence-corrected chi connectivity index (χ4v) is 2.66. The molecule has 2 heterocycles. The van der Waals surface area contributed by atoms with E-state index in [-0.39, 0.29) is 23.8 Å². The first-order valence-electron chi connectivity index (χ1n) is 7.47. The van der Waals surface area contributed by atoms with Gasteiger partial charge in [0.15, 0.2) is 11.5 Å². The molecule has 5 nitrogen and oxygen atoms in total. The van der Waals surface area contributed by atoms with Crippen molar-refractivity contribution in [2.75, 3.05) is 0 Å². The van der Waals surface area contributed by atoms with Gasteiger partial charge in [-0.15, -0.1) is 0 Å². The standard InChI is InChI=1S/C15H18F3N3O2/c1-14(2,22)8-21-13(15(16,17)18)10(7-19-21)12-6-11(20-23-12)9-4-3-5-9/h6-7,9,22H,3-5,8H2,1-2H3. The predicted octanol–water partition coefficient (Wildman–Crippen LogP) is 3.60. The second-order valence-corrected chi connectivity index (χ2v) is 6.62. The average molecular weight is 329 g/mol. The maximum absolute atomic E-state index is 13.4. The molecular weight excluding hydrogens is 311 g/mol. The van der Waals surface area contributed by atoms with Crippen molar-refractivity contribution in [3.63, 3.8) is 0 Å². The summed E-state index contributed by atoms with van der Waals surface area (Å²) in [4.78, 5) is 0. The molecule has 1 N–H and O–H groups in total. The van der Waals surface area contributed by atoms with Gasteiger partial charge < -0.3 is 9.63 Å². The zero-order chi connectivity index (χ0) is 16.8. The lowest BCUT2D eigenvalue weighted by molar-refractivity contribution is -0.144. The number of aromatic nitrogens is 3. The third kappa shape index (κ3) is 3.26. The number of halogens is 3. The van der Waals surface area contributed by atoms with E-state index in [1.807, 2.05) is 0 Å². The third-order valence-electron chi connectivity index (χ3n) is 3.96. The minimum Gasteiger partial charge on any atom is -0.389 e. The molecule has 2 aromatic rings. The number of aliphatic hydroxyl groups is 1. The lowest BCUT2D eigenvalue weighted by atomic mass is 9.83. The molecule has 0 bridgehead atoms. The van der Waals surface area contributed by atoms with Gasteiger partial charge in [0.1, 0.15) is 0 Å². The molecule has 0 radical (unpaired) electrons. The summed E-state index contributed by atoms with van der Waals surface area (Å²) in [6.45, 7) is 2.58. The zero-order valence-corrected chi connectivity index (χ0v) is 12.9. The molecule has 0 atom stereocenters. The van der Waals surface area contributed by atoms with E-state index in [9.17, 15) is 18.3 Å². The molecule has 1 aliphatic carbocycles. The van der Waals surface area contributed by atoms with Crippen LogP contribution in [0, 0.1) is 0 Å². The van der Waals surface area contributed by atoms with Crippen LogP contribution in [-0.2, 0) is 12.7 Å². The van der Waals surface area contributed by atoms with Gasteiger partial charge in [-0.05, 0) is 26.7 Å². The summed E-state index contributed by atoms with van der Waals surface area (Å²) in [6, 6.07) is 1.56. The Morgan fingerprint density at radius 2 is 2.04 bits per heavy atom. The molecule has 1 aliphatic rings. The van der Waals surface area contributed by atoms with Gasteiger partial charge in [0.2, 0.25) is 0 Å². The Kier molecular flexibility index (Phi) is 3.74. The van der Waals surface area contributed by atoms with Crippen molar-refractivity contribution in [1.82, 2.24) is 14.9 Å². The van der Waals surface area contributed by atoms with Crippen LogP contribution >= 0.6 is 0 Å². The lowest BCUT2D eigenvalue weighted by Crippen LogP contribution is -2.29. The minimum absolute atomic E-state index is 0.0567. The van der Waals surface area contributed by atoms with E-state index in [1.54, 1.807) is 6.07 Å². The third-order valence-corrected chi connectivity index (χ3v) is 3.96. The highest BCUT2D eigenvalue weighted by Gasteiger charge is 2.40. The van der Waals surface area contributed by atoms with Crippen LogP contribution in [0.25, 0.3) is 11.3 Å². The van der Waals surface area contributed by atoms with Crippen LogP contribution in [0.2, 0.25) is 0 Å². The lowest BCUT2D eigenvalue weighted by Gasteiger charge is -2.22. The van der Waals surface area contributed by atoms with Crippen LogP contribution in [0.4, 0.5) is 13.2 Å². The molecule has 1 saturated carbocycles. The second kappa shape index (κ2) is 5.36. The van der Waals surface area contributed by atoms with Crippen molar-refractivity contribution in [3.8, 4) is 11.3 Å². The topological polar surface area (TPSA) is 64.1 Å². The Bertz CT molecular complexity index is 694. The highest BCUT2D eigenvalue weighted by molar-refractivity contribution is 5.60. The quantitative estimate of drug-likeness (QED) is 0.931. The summed E-state index contributed by atoms with van der Waals surface area (Å²) in [5, 5.41) is 17.5. The Labute approximate surface area is 131 Å². The van der Waals surface area contributed by atoms with Crippen LogP contribution in [0.15, 0.2) is 16.8 Å². The van der Waals surface area contributed by atoms with E-state index < -0.39 is 17.5 Å². The number of hydrogen-bond acceptors (Lipinski definition) is 4. The van der Waals surface area contributed by atoms with Crippen LogP contribution in [-0.4, -0.2) is 25.6 Å². The van der Waals surface area contributed by atoms with Gasteiger partial charge in [-0.3, -0.25) is 4.68 Å². The second-order valence-electron chi connectivity index (χ2n) is 6.62. The molecule has 2 aromatic heterocycles. The predicted molar refractivity (Wildman–Crippen MR) is 75.6 cm³/mol. The zero-order valence-electron chi connectivity index (χ0n) is 12.9. The van der Waals surface area contributed by atoms with E-state index in [1.165, 1.54) is 13.8 Å². The Morgan fingerprint density at radius 3 is 2.57 bits per heavy atom. The van der Waals surface area contributed by atoms with Crippen LogP contribution in [0.3, 0.4) is 0 Å². The van der Waals surface area contributed by atoms with Crippen molar-refractivity contribution in [2.24, 2.45) is 0 Å². The van der Waals surface area contributed by atoms with E-state index >= 15 is 0 Å². The molecule has 8 heteroatoms. The summed E-state index contributed by atoms with van der Waals surface area (Å²) >= 11 is 0. The molecule has 0 amide bonds. The van der Waals surface area contributed by atoms with Crippen molar-refractivity contribution < 1.29 is 22.8 Å². The number of hydrogen-bond donors (Lipinski definition) is 1. The summed E-state index contributed by atoms with van der Waals surface area (Å²) in [5.41, 5.74) is -1.72. The van der Waals surface area contributed by atoms with Crippen molar-refractivity contribution >= 4 is 0 Å². The summed E-state index contributed by atoms with van der Waals surface area (Å²) in [7, 11) is 0. The number of rotatable bonds is 4. The van der Waals surface area contributed by atoms with Crippen molar-refractivity contribution in [1.29, 1.82) is 0 Å². The van der Waals surface area contributed by atoms with Crippen LogP contribution in [0.1, 0.15) is 50.4 Å². The summed E-state index contributed by atoms with van der Waals surface area (Å²) in [5.74, 6) is 0.328. The molecular formula is C15H18F3N3O2. The van der Waals surface area contributed by atoms with Crippen molar-refractivity contribution in [3.05, 3.63) is 23.7 Å². The Morgan fingerprint density at radius 1 is 1.35 bits per heavy atom. The van der Waals surface area contributed by atoms with E-state index in [0.29, 0.717) is 5.69 Å². The highest BCUT2D eigenvalue weighted by Crippen LogP contribution is 2.40. The number of nitrogens with zero attached hydrogens (tertiary/aromatic N) is 3. The first-order valence-corrected chi connectivity index (χ1v) is 7.47. The molecule has 0 saturated heterocycles. The first-order chi connectivity index (χ1) is 10.6. The molecule has 0 spiro atoms. The van der Waals surface area contributed by atoms with E-state index in [0.717, 1.165) is 30.1 Å². The highest BCUT2D eigenvalue weighted by atomic mass is 19.4. The Balaban J connectivity index is 2.00. The van der Waals surface area contributed by atoms with E-state index in [4.69, 9.17) is 4.52 Å². The van der Waals surface area contributed by atoms with Crippen LogP contribution < -0.4 is 0 Å². The molecule has 0 aliphatic heterocycles. The molecule has 126 valence electrons. The first kappa shape index (κ1) is 16.0. The summed E-state index contributed by atoms with van der Waals surface area (Å²) < 4.78 is 46.2. The van der Waals surface area contributed by atoms with Gasteiger partial charge in [-0.25, -0.2) is 0 Å². The normalized spacial score (nSPS) is 16.6. The smallest absolute Gasteiger partial charge is 0.389 e. The fraction of sp³-hybridized carbons (Fsp3) is 0.600. The summed E-state index contributed by atoms with van der Waals surface area (Å²) in [6.07, 6.45) is -0.434. The molecule has 0 unspecified atom stereocenters. The van der Waals surface area contributed by atoms with Gasteiger partial charge in [-0.2, -0.15) is 18.3 Å². The average Bonchev–Trinajstić information content (AvgIpc) is 2.90. The largest absolute Gasteiger partial charge is 0.433 e. The van der Waals surface area contributed by atoms with Gasteiger partial charge in [0.05, 0.1) is 29.6 Å². The van der Waals surface area contributed by atoms with Gasteiger partial charge in [0.25, 0.3) is 0 Å². The SMILES string of the molecule is CC(C)(O)Cn1ncc(-c2cc(C3CCC3)no2)c1C(F)(F)F.